The number of rotatable bonds is 2. The number of fused-ring (bicyclic) bond motifs is 3. The van der Waals surface area contributed by atoms with Crippen LogP contribution in [0.2, 0.25) is 0 Å². The summed E-state index contributed by atoms with van der Waals surface area (Å²) in [6.45, 7) is 3.58. The van der Waals surface area contributed by atoms with E-state index >= 15 is 0 Å². The van der Waals surface area contributed by atoms with E-state index in [4.69, 9.17) is 0 Å². The van der Waals surface area contributed by atoms with Crippen LogP contribution in [0.25, 0.3) is 21.5 Å². The molecule has 3 aromatic carbocycles. The van der Waals surface area contributed by atoms with Gasteiger partial charge in [0.1, 0.15) is 0 Å². The van der Waals surface area contributed by atoms with Gasteiger partial charge in [-0.15, -0.1) is 0 Å². The van der Waals surface area contributed by atoms with E-state index in [0.717, 1.165) is 5.56 Å². The summed E-state index contributed by atoms with van der Waals surface area (Å²) < 4.78 is 0. The number of benzene rings is 3. The average Bonchev–Trinajstić information content (AvgIpc) is 2.38. The summed E-state index contributed by atoms with van der Waals surface area (Å²) in [7, 11) is 0. The summed E-state index contributed by atoms with van der Waals surface area (Å²) in [5.41, 5.74) is 1.12. The maximum absolute atomic E-state index is 9.38. The van der Waals surface area contributed by atoms with Crippen molar-refractivity contribution in [2.45, 2.75) is 6.42 Å². The van der Waals surface area contributed by atoms with Gasteiger partial charge in [0, 0.05) is 6.42 Å². The Morgan fingerprint density at radius 3 is 2.44 bits per heavy atom. The Kier molecular flexibility index (Phi) is 2.52. The maximum atomic E-state index is 9.38. The van der Waals surface area contributed by atoms with E-state index in [1.165, 1.54) is 21.5 Å². The predicted molar refractivity (Wildman–Crippen MR) is 76.9 cm³/mol. The maximum Gasteiger partial charge on any atom is 0.0895 e. The number of aliphatic hydroxyl groups is 1. The topological polar surface area (TPSA) is 20.2 Å². The van der Waals surface area contributed by atoms with Gasteiger partial charge in [0.2, 0.25) is 0 Å². The van der Waals surface area contributed by atoms with E-state index in [0.29, 0.717) is 6.42 Å². The Bertz CT molecular complexity index is 741. The van der Waals surface area contributed by atoms with Crippen LogP contribution in [0.4, 0.5) is 0 Å². The number of hydrogen-bond acceptors (Lipinski definition) is 1. The largest absolute Gasteiger partial charge is 0.513 e. The van der Waals surface area contributed by atoms with Gasteiger partial charge in [0.15, 0.2) is 0 Å². The van der Waals surface area contributed by atoms with E-state index in [1.54, 1.807) is 0 Å². The van der Waals surface area contributed by atoms with Crippen LogP contribution >= 0.6 is 0 Å². The van der Waals surface area contributed by atoms with E-state index in [9.17, 15) is 5.11 Å². The molecule has 0 saturated carbocycles. The minimum Gasteiger partial charge on any atom is -0.513 e. The Labute approximate surface area is 106 Å². The lowest BCUT2D eigenvalue weighted by Gasteiger charge is -2.08. The fraction of sp³-hybridized carbons (Fsp3) is 0.0588. The van der Waals surface area contributed by atoms with Crippen molar-refractivity contribution in [1.29, 1.82) is 0 Å². The van der Waals surface area contributed by atoms with Gasteiger partial charge >= 0.3 is 0 Å². The zero-order valence-electron chi connectivity index (χ0n) is 10.1. The molecule has 0 heterocycles. The van der Waals surface area contributed by atoms with Crippen molar-refractivity contribution in [1.82, 2.24) is 0 Å². The highest BCUT2D eigenvalue weighted by Gasteiger charge is 2.05. The fourth-order valence-corrected chi connectivity index (χ4v) is 2.48. The number of allylic oxidation sites excluding steroid dienone is 1. The normalized spacial score (nSPS) is 10.9. The second-order valence-electron chi connectivity index (χ2n) is 4.54. The lowest BCUT2D eigenvalue weighted by Crippen LogP contribution is -1.90. The third-order valence-electron chi connectivity index (χ3n) is 3.27. The highest BCUT2D eigenvalue weighted by molar-refractivity contribution is 6.08. The van der Waals surface area contributed by atoms with Crippen molar-refractivity contribution in [2.24, 2.45) is 0 Å². The van der Waals surface area contributed by atoms with Gasteiger partial charge in [-0.25, -0.2) is 0 Å². The molecule has 1 nitrogen and oxygen atoms in total. The minimum absolute atomic E-state index is 0.204. The van der Waals surface area contributed by atoms with Crippen LogP contribution in [-0.2, 0) is 6.42 Å². The highest BCUT2D eigenvalue weighted by atomic mass is 16.3. The van der Waals surface area contributed by atoms with Gasteiger partial charge in [-0.2, -0.15) is 0 Å². The van der Waals surface area contributed by atoms with Gasteiger partial charge in [-0.1, -0.05) is 61.2 Å². The summed E-state index contributed by atoms with van der Waals surface area (Å²) in [4.78, 5) is 0. The van der Waals surface area contributed by atoms with Crippen LogP contribution < -0.4 is 0 Å². The SMILES string of the molecule is C=C(O)Cc1cccc2c1ccc1ccccc12. The molecule has 3 rings (SSSR count). The molecule has 3 aromatic rings. The molecule has 0 fully saturated rings. The molecule has 0 spiro atoms. The highest BCUT2D eigenvalue weighted by Crippen LogP contribution is 2.28. The van der Waals surface area contributed by atoms with Crippen molar-refractivity contribution in [3.8, 4) is 0 Å². The summed E-state index contributed by atoms with van der Waals surface area (Å²) in [5.74, 6) is 0.204. The molecular formula is C17H14O. The quantitative estimate of drug-likeness (QED) is 0.507. The lowest BCUT2D eigenvalue weighted by molar-refractivity contribution is 0.402. The molecular weight excluding hydrogens is 220 g/mol. The Morgan fingerprint density at radius 2 is 1.61 bits per heavy atom. The second kappa shape index (κ2) is 4.19. The first-order valence-electron chi connectivity index (χ1n) is 6.02. The Hall–Kier alpha value is -2.28. The molecule has 0 unspecified atom stereocenters. The van der Waals surface area contributed by atoms with Gasteiger partial charge in [-0.05, 0) is 27.1 Å². The zero-order chi connectivity index (χ0) is 12.5. The average molecular weight is 234 g/mol. The fourth-order valence-electron chi connectivity index (χ4n) is 2.48. The lowest BCUT2D eigenvalue weighted by atomic mass is 9.97. The van der Waals surface area contributed by atoms with Gasteiger partial charge < -0.3 is 5.11 Å². The first kappa shape index (κ1) is 10.8. The molecule has 0 aliphatic carbocycles. The molecule has 0 amide bonds. The molecule has 1 N–H and O–H groups in total. The monoisotopic (exact) mass is 234 g/mol. The van der Waals surface area contributed by atoms with Crippen LogP contribution in [0, 0.1) is 0 Å². The molecule has 0 saturated heterocycles. The molecule has 0 radical (unpaired) electrons. The molecule has 0 aliphatic rings. The number of hydrogen-bond donors (Lipinski definition) is 1. The first-order chi connectivity index (χ1) is 8.75. The van der Waals surface area contributed by atoms with Crippen LogP contribution in [0.5, 0.6) is 0 Å². The van der Waals surface area contributed by atoms with Crippen molar-refractivity contribution in [2.75, 3.05) is 0 Å². The molecule has 0 atom stereocenters. The van der Waals surface area contributed by atoms with Gasteiger partial charge in [0.25, 0.3) is 0 Å². The standard InChI is InChI=1S/C17H14O/c1-12(18)11-14-6-4-8-17-15-7-3-2-5-13(15)9-10-16(14)17/h2-10,18H,1,11H2. The van der Waals surface area contributed by atoms with E-state index in [-0.39, 0.29) is 5.76 Å². The first-order valence-corrected chi connectivity index (χ1v) is 6.02. The third-order valence-corrected chi connectivity index (χ3v) is 3.27. The number of aliphatic hydroxyl groups excluding tert-OH is 1. The van der Waals surface area contributed by atoms with E-state index in [2.05, 4.69) is 43.0 Å². The van der Waals surface area contributed by atoms with Crippen molar-refractivity contribution in [3.05, 3.63) is 72.5 Å². The van der Waals surface area contributed by atoms with Crippen LogP contribution in [0.1, 0.15) is 5.56 Å². The van der Waals surface area contributed by atoms with Crippen LogP contribution in [0.3, 0.4) is 0 Å². The Morgan fingerprint density at radius 1 is 0.833 bits per heavy atom. The molecule has 1 heteroatoms. The summed E-state index contributed by atoms with van der Waals surface area (Å²) in [5, 5.41) is 14.3. The summed E-state index contributed by atoms with van der Waals surface area (Å²) in [6.07, 6.45) is 0.510. The molecule has 88 valence electrons. The predicted octanol–water partition coefficient (Wildman–Crippen LogP) is 4.61. The van der Waals surface area contributed by atoms with Crippen LogP contribution in [0.15, 0.2) is 66.9 Å². The van der Waals surface area contributed by atoms with Crippen molar-refractivity contribution in [3.63, 3.8) is 0 Å². The zero-order valence-corrected chi connectivity index (χ0v) is 10.1. The van der Waals surface area contributed by atoms with Crippen LogP contribution in [-0.4, -0.2) is 5.11 Å². The molecule has 0 aliphatic heterocycles. The molecule has 0 bridgehead atoms. The second-order valence-corrected chi connectivity index (χ2v) is 4.54. The van der Waals surface area contributed by atoms with Gasteiger partial charge in [0.05, 0.1) is 5.76 Å². The third kappa shape index (κ3) is 1.74. The molecule has 18 heavy (non-hydrogen) atoms. The minimum atomic E-state index is 0.204. The van der Waals surface area contributed by atoms with Crippen molar-refractivity contribution >= 4 is 21.5 Å². The smallest absolute Gasteiger partial charge is 0.0895 e. The van der Waals surface area contributed by atoms with Crippen molar-refractivity contribution < 1.29 is 5.11 Å². The summed E-state index contributed by atoms with van der Waals surface area (Å²) in [6, 6.07) is 18.8. The van der Waals surface area contributed by atoms with E-state index < -0.39 is 0 Å². The van der Waals surface area contributed by atoms with Gasteiger partial charge in [-0.3, -0.25) is 0 Å². The van der Waals surface area contributed by atoms with E-state index in [1.807, 2.05) is 18.2 Å². The summed E-state index contributed by atoms with van der Waals surface area (Å²) >= 11 is 0. The Balaban J connectivity index is 2.36. The molecule has 0 aromatic heterocycles.